The fraction of sp³-hybridized carbons (Fsp3) is 0.167. The molecule has 1 aromatic heterocycles. The van der Waals surface area contributed by atoms with Gasteiger partial charge in [0.1, 0.15) is 23.5 Å². The summed E-state index contributed by atoms with van der Waals surface area (Å²) in [5, 5.41) is 11.2. The molecule has 5 rings (SSSR count). The number of carboxylic acid groups (broad SMARTS) is 1. The molecule has 5 aromatic rings. The molecule has 1 atom stereocenters. The third kappa shape index (κ3) is 5.20. The molecular weight excluding hydrogens is 456 g/mol. The highest BCUT2D eigenvalue weighted by Crippen LogP contribution is 2.35. The SMILES string of the molecule is CC(CSCc1ccc(OCc2ccc(-c3cccc4c3oc3ccccc34)cc2)cc1)C(=O)O. The molecule has 1 N–H and O–H groups in total. The van der Waals surface area contributed by atoms with E-state index in [9.17, 15) is 4.79 Å². The van der Waals surface area contributed by atoms with E-state index in [1.165, 1.54) is 0 Å². The fourth-order valence-corrected chi connectivity index (χ4v) is 5.07. The zero-order valence-electron chi connectivity index (χ0n) is 19.4. The number of aliphatic carboxylic acids is 1. The minimum Gasteiger partial charge on any atom is -0.489 e. The minimum atomic E-state index is -0.749. The van der Waals surface area contributed by atoms with E-state index < -0.39 is 5.97 Å². The second kappa shape index (κ2) is 10.3. The number of rotatable bonds is 9. The Kier molecular flexibility index (Phi) is 6.77. The first-order valence-electron chi connectivity index (χ1n) is 11.6. The Balaban J connectivity index is 1.21. The van der Waals surface area contributed by atoms with E-state index in [0.717, 1.165) is 55.7 Å². The number of benzene rings is 4. The van der Waals surface area contributed by atoms with Crippen molar-refractivity contribution in [3.63, 3.8) is 0 Å². The molecule has 0 amide bonds. The van der Waals surface area contributed by atoms with Gasteiger partial charge in [-0.3, -0.25) is 4.79 Å². The number of hydrogen-bond donors (Lipinski definition) is 1. The standard InChI is InChI=1S/C30H26O4S/c1-20(30(31)32)18-35-19-22-11-15-24(16-12-22)33-17-21-9-13-23(14-10-21)25-6-4-7-27-26-5-2-3-8-28(26)34-29(25)27/h2-16,20H,17-19H2,1H3,(H,31,32). The number of hydrogen-bond acceptors (Lipinski definition) is 4. The van der Waals surface area contributed by atoms with Crippen LogP contribution in [0, 0.1) is 5.92 Å². The van der Waals surface area contributed by atoms with Gasteiger partial charge in [0.05, 0.1) is 5.92 Å². The molecule has 1 unspecified atom stereocenters. The van der Waals surface area contributed by atoms with Crippen LogP contribution in [0.1, 0.15) is 18.1 Å². The topological polar surface area (TPSA) is 59.7 Å². The van der Waals surface area contributed by atoms with Gasteiger partial charge in [-0.15, -0.1) is 0 Å². The van der Waals surface area contributed by atoms with E-state index in [1.54, 1.807) is 18.7 Å². The summed E-state index contributed by atoms with van der Waals surface area (Å²) < 4.78 is 12.2. The highest BCUT2D eigenvalue weighted by molar-refractivity contribution is 7.98. The predicted molar refractivity (Wildman–Crippen MR) is 143 cm³/mol. The lowest BCUT2D eigenvalue weighted by atomic mass is 10.0. The molecule has 35 heavy (non-hydrogen) atoms. The monoisotopic (exact) mass is 482 g/mol. The lowest BCUT2D eigenvalue weighted by molar-refractivity contribution is -0.140. The second-order valence-electron chi connectivity index (χ2n) is 8.66. The van der Waals surface area contributed by atoms with Crippen LogP contribution in [-0.2, 0) is 17.2 Å². The summed E-state index contributed by atoms with van der Waals surface area (Å²) >= 11 is 1.63. The van der Waals surface area contributed by atoms with Crippen molar-refractivity contribution in [3.8, 4) is 16.9 Å². The van der Waals surface area contributed by atoms with E-state index in [0.29, 0.717) is 12.4 Å². The molecule has 0 aliphatic heterocycles. The van der Waals surface area contributed by atoms with Crippen molar-refractivity contribution in [2.45, 2.75) is 19.3 Å². The Morgan fingerprint density at radius 1 is 0.886 bits per heavy atom. The third-order valence-electron chi connectivity index (χ3n) is 6.06. The van der Waals surface area contributed by atoms with Gasteiger partial charge >= 0.3 is 5.97 Å². The number of ether oxygens (including phenoxy) is 1. The molecule has 4 aromatic carbocycles. The first-order valence-corrected chi connectivity index (χ1v) is 12.8. The Bertz CT molecular complexity index is 1450. The highest BCUT2D eigenvalue weighted by atomic mass is 32.2. The molecule has 1 heterocycles. The van der Waals surface area contributed by atoms with Gasteiger partial charge in [-0.25, -0.2) is 0 Å². The molecule has 176 valence electrons. The van der Waals surface area contributed by atoms with Crippen LogP contribution in [0.5, 0.6) is 5.75 Å². The lowest BCUT2D eigenvalue weighted by Gasteiger charge is -2.09. The lowest BCUT2D eigenvalue weighted by Crippen LogP contribution is -2.11. The number of fused-ring (bicyclic) bond motifs is 3. The summed E-state index contributed by atoms with van der Waals surface area (Å²) in [4.78, 5) is 10.9. The van der Waals surface area contributed by atoms with Crippen molar-refractivity contribution < 1.29 is 19.1 Å². The Morgan fingerprint density at radius 3 is 2.37 bits per heavy atom. The number of furan rings is 1. The molecule has 0 aliphatic rings. The van der Waals surface area contributed by atoms with Gasteiger partial charge in [0.2, 0.25) is 0 Å². The molecule has 0 radical (unpaired) electrons. The van der Waals surface area contributed by atoms with Gasteiger partial charge in [0.25, 0.3) is 0 Å². The maximum absolute atomic E-state index is 10.9. The molecule has 0 spiro atoms. The van der Waals surface area contributed by atoms with Gasteiger partial charge < -0.3 is 14.3 Å². The van der Waals surface area contributed by atoms with Crippen LogP contribution in [0.15, 0.2) is 95.4 Å². The second-order valence-corrected chi connectivity index (χ2v) is 9.69. The van der Waals surface area contributed by atoms with Crippen LogP contribution in [0.3, 0.4) is 0 Å². The van der Waals surface area contributed by atoms with Crippen molar-refractivity contribution in [3.05, 3.63) is 102 Å². The van der Waals surface area contributed by atoms with E-state index in [1.807, 2.05) is 42.5 Å². The van der Waals surface area contributed by atoms with Gasteiger partial charge in [-0.1, -0.05) is 79.7 Å². The van der Waals surface area contributed by atoms with E-state index in [2.05, 4.69) is 48.5 Å². The molecule has 0 saturated heterocycles. The summed E-state index contributed by atoms with van der Waals surface area (Å²) in [5.74, 6) is 1.13. The number of carbonyl (C=O) groups is 1. The van der Waals surface area contributed by atoms with Crippen LogP contribution in [0.4, 0.5) is 0 Å². The van der Waals surface area contributed by atoms with Crippen molar-refractivity contribution in [1.82, 2.24) is 0 Å². The van der Waals surface area contributed by atoms with Gasteiger partial charge in [-0.2, -0.15) is 11.8 Å². The minimum absolute atomic E-state index is 0.333. The van der Waals surface area contributed by atoms with Crippen LogP contribution < -0.4 is 4.74 Å². The molecule has 5 heteroatoms. The van der Waals surface area contributed by atoms with Crippen molar-refractivity contribution in [2.75, 3.05) is 5.75 Å². The van der Waals surface area contributed by atoms with Crippen molar-refractivity contribution in [1.29, 1.82) is 0 Å². The van der Waals surface area contributed by atoms with Gasteiger partial charge in [-0.05, 0) is 34.9 Å². The smallest absolute Gasteiger partial charge is 0.307 e. The third-order valence-corrected chi connectivity index (χ3v) is 7.33. The molecule has 0 bridgehead atoms. The average Bonchev–Trinajstić information content (AvgIpc) is 3.27. The number of carboxylic acids is 1. The number of para-hydroxylation sites is 2. The summed E-state index contributed by atoms with van der Waals surface area (Å²) in [7, 11) is 0. The summed E-state index contributed by atoms with van der Waals surface area (Å²) in [5.41, 5.74) is 6.25. The molecule has 0 saturated carbocycles. The maximum Gasteiger partial charge on any atom is 0.307 e. The predicted octanol–water partition coefficient (Wildman–Crippen LogP) is 7.79. The first kappa shape index (κ1) is 23.1. The van der Waals surface area contributed by atoms with Gasteiger partial charge in [0, 0.05) is 27.8 Å². The van der Waals surface area contributed by atoms with Crippen LogP contribution in [0.2, 0.25) is 0 Å². The van der Waals surface area contributed by atoms with Crippen LogP contribution in [0.25, 0.3) is 33.1 Å². The largest absolute Gasteiger partial charge is 0.489 e. The van der Waals surface area contributed by atoms with Crippen LogP contribution in [-0.4, -0.2) is 16.8 Å². The summed E-state index contributed by atoms with van der Waals surface area (Å²) in [6, 6.07) is 30.8. The molecule has 0 aliphatic carbocycles. The van der Waals surface area contributed by atoms with E-state index in [4.69, 9.17) is 14.3 Å². The van der Waals surface area contributed by atoms with Crippen molar-refractivity contribution in [2.24, 2.45) is 5.92 Å². The Morgan fingerprint density at radius 2 is 1.60 bits per heavy atom. The zero-order chi connectivity index (χ0) is 24.2. The molecule has 0 fully saturated rings. The maximum atomic E-state index is 10.9. The normalized spacial score (nSPS) is 12.1. The quantitative estimate of drug-likeness (QED) is 0.232. The average molecular weight is 483 g/mol. The summed E-state index contributed by atoms with van der Waals surface area (Å²) in [6.45, 7) is 2.22. The summed E-state index contributed by atoms with van der Waals surface area (Å²) in [6.07, 6.45) is 0. The van der Waals surface area contributed by atoms with Crippen molar-refractivity contribution >= 4 is 39.7 Å². The molecule has 4 nitrogen and oxygen atoms in total. The Labute approximate surface area is 208 Å². The zero-order valence-corrected chi connectivity index (χ0v) is 20.3. The number of thioether (sulfide) groups is 1. The van der Waals surface area contributed by atoms with E-state index in [-0.39, 0.29) is 5.92 Å². The van der Waals surface area contributed by atoms with Gasteiger partial charge in [0.15, 0.2) is 0 Å². The highest BCUT2D eigenvalue weighted by Gasteiger charge is 2.12. The van der Waals surface area contributed by atoms with Crippen LogP contribution >= 0.6 is 11.8 Å². The fourth-order valence-electron chi connectivity index (χ4n) is 4.03. The Hall–Kier alpha value is -3.70. The molecular formula is C30H26O4S. The first-order chi connectivity index (χ1) is 17.1. The van der Waals surface area contributed by atoms with E-state index >= 15 is 0 Å².